The van der Waals surface area contributed by atoms with Gasteiger partial charge in [-0.15, -0.1) is 0 Å². The largest absolute Gasteiger partial charge is 0.378 e. The highest BCUT2D eigenvalue weighted by Crippen LogP contribution is 2.14. The minimum atomic E-state index is 0.0240. The van der Waals surface area contributed by atoms with Gasteiger partial charge in [0.05, 0.1) is 12.1 Å². The average Bonchev–Trinajstić information content (AvgIpc) is 2.72. The van der Waals surface area contributed by atoms with E-state index in [-0.39, 0.29) is 5.91 Å². The number of rotatable bonds is 5. The molecule has 22 heavy (non-hydrogen) atoms. The molecule has 0 spiro atoms. The highest BCUT2D eigenvalue weighted by atomic mass is 16.1. The second-order valence-corrected chi connectivity index (χ2v) is 5.79. The van der Waals surface area contributed by atoms with Gasteiger partial charge in [-0.1, -0.05) is 12.1 Å². The molecule has 5 heteroatoms. The van der Waals surface area contributed by atoms with Gasteiger partial charge in [-0.3, -0.25) is 9.48 Å². The first-order valence-corrected chi connectivity index (χ1v) is 7.40. The van der Waals surface area contributed by atoms with Crippen LogP contribution in [0.1, 0.15) is 22.5 Å². The molecule has 0 radical (unpaired) electrons. The van der Waals surface area contributed by atoms with Crippen LogP contribution in [-0.2, 0) is 24.8 Å². The van der Waals surface area contributed by atoms with Crippen LogP contribution in [0.2, 0.25) is 0 Å². The molecule has 5 nitrogen and oxygen atoms in total. The number of aryl methyl sites for hydroxylation is 2. The Balaban J connectivity index is 1.92. The summed E-state index contributed by atoms with van der Waals surface area (Å²) >= 11 is 0. The summed E-state index contributed by atoms with van der Waals surface area (Å²) in [5.74, 6) is 0.0240. The fraction of sp³-hybridized carbons (Fsp3) is 0.412. The predicted octanol–water partition coefficient (Wildman–Crippen LogP) is 1.96. The number of nitrogens with one attached hydrogen (secondary N) is 1. The lowest BCUT2D eigenvalue weighted by atomic mass is 10.1. The molecular weight excluding hydrogens is 276 g/mol. The summed E-state index contributed by atoms with van der Waals surface area (Å²) in [5, 5.41) is 7.31. The van der Waals surface area contributed by atoms with E-state index in [9.17, 15) is 4.79 Å². The number of hydrogen-bond donors (Lipinski definition) is 1. The fourth-order valence-electron chi connectivity index (χ4n) is 2.41. The molecule has 1 N–H and O–H groups in total. The summed E-state index contributed by atoms with van der Waals surface area (Å²) in [6, 6.07) is 8.18. The van der Waals surface area contributed by atoms with Crippen LogP contribution in [0.4, 0.5) is 5.69 Å². The first kappa shape index (κ1) is 16.1. The molecule has 118 valence electrons. The number of carbonyl (C=O) groups excluding carboxylic acids is 1. The maximum Gasteiger partial charge on any atom is 0.224 e. The third kappa shape index (κ3) is 3.67. The van der Waals surface area contributed by atoms with Crippen molar-refractivity contribution in [3.63, 3.8) is 0 Å². The Bertz CT molecular complexity index is 656. The summed E-state index contributed by atoms with van der Waals surface area (Å²) < 4.78 is 1.82. The standard InChI is InChI=1S/C17H24N4O/c1-12-16(13(2)21(5)19-12)10-17(22)18-11-14-6-8-15(9-7-14)20(3)4/h6-9H,10-11H2,1-5H3,(H,18,22). The minimum Gasteiger partial charge on any atom is -0.378 e. The number of hydrogen-bond acceptors (Lipinski definition) is 3. The molecule has 0 fully saturated rings. The number of benzene rings is 1. The summed E-state index contributed by atoms with van der Waals surface area (Å²) in [6.45, 7) is 4.48. The molecule has 0 aliphatic carbocycles. The van der Waals surface area contributed by atoms with E-state index in [0.29, 0.717) is 13.0 Å². The van der Waals surface area contributed by atoms with Crippen molar-refractivity contribution in [1.82, 2.24) is 15.1 Å². The van der Waals surface area contributed by atoms with Gasteiger partial charge < -0.3 is 10.2 Å². The van der Waals surface area contributed by atoms with Crippen molar-refractivity contribution in [1.29, 1.82) is 0 Å². The van der Waals surface area contributed by atoms with E-state index in [1.54, 1.807) is 0 Å². The van der Waals surface area contributed by atoms with Gasteiger partial charge in [0.1, 0.15) is 0 Å². The molecule has 2 aromatic rings. The van der Waals surface area contributed by atoms with E-state index >= 15 is 0 Å². The first-order valence-electron chi connectivity index (χ1n) is 7.40. The molecular formula is C17H24N4O. The van der Waals surface area contributed by atoms with Gasteiger partial charge in [0.25, 0.3) is 0 Å². The van der Waals surface area contributed by atoms with Crippen molar-refractivity contribution in [2.45, 2.75) is 26.8 Å². The number of amides is 1. The minimum absolute atomic E-state index is 0.0240. The van der Waals surface area contributed by atoms with Gasteiger partial charge in [-0.2, -0.15) is 5.10 Å². The smallest absolute Gasteiger partial charge is 0.224 e. The van der Waals surface area contributed by atoms with Crippen molar-refractivity contribution >= 4 is 11.6 Å². The Labute approximate surface area is 131 Å². The van der Waals surface area contributed by atoms with Gasteiger partial charge in [-0.25, -0.2) is 0 Å². The Kier molecular flexibility index (Phi) is 4.85. The monoisotopic (exact) mass is 300 g/mol. The van der Waals surface area contributed by atoms with Gasteiger partial charge in [0.15, 0.2) is 0 Å². The van der Waals surface area contributed by atoms with Gasteiger partial charge in [-0.05, 0) is 31.5 Å². The summed E-state index contributed by atoms with van der Waals surface area (Å²) in [6.07, 6.45) is 0.376. The molecule has 0 bridgehead atoms. The first-order chi connectivity index (χ1) is 10.4. The lowest BCUT2D eigenvalue weighted by Crippen LogP contribution is -2.25. The quantitative estimate of drug-likeness (QED) is 0.918. The van der Waals surface area contributed by atoms with Crippen molar-refractivity contribution in [3.05, 3.63) is 46.8 Å². The molecule has 0 aliphatic heterocycles. The van der Waals surface area contributed by atoms with Crippen molar-refractivity contribution in [3.8, 4) is 0 Å². The number of aromatic nitrogens is 2. The van der Waals surface area contributed by atoms with Crippen LogP contribution in [0.25, 0.3) is 0 Å². The molecule has 2 rings (SSSR count). The zero-order chi connectivity index (χ0) is 16.3. The van der Waals surface area contributed by atoms with Crippen LogP contribution in [-0.4, -0.2) is 29.8 Å². The predicted molar refractivity (Wildman–Crippen MR) is 89.0 cm³/mol. The fourth-order valence-corrected chi connectivity index (χ4v) is 2.41. The number of nitrogens with zero attached hydrogens (tertiary/aromatic N) is 3. The third-order valence-electron chi connectivity index (χ3n) is 3.94. The summed E-state index contributed by atoms with van der Waals surface area (Å²) in [7, 11) is 5.92. The van der Waals surface area contributed by atoms with Crippen LogP contribution < -0.4 is 10.2 Å². The average molecular weight is 300 g/mol. The van der Waals surface area contributed by atoms with Crippen LogP contribution in [0.3, 0.4) is 0 Å². The molecule has 0 atom stereocenters. The Morgan fingerprint density at radius 2 is 1.86 bits per heavy atom. The van der Waals surface area contributed by atoms with Gasteiger partial charge >= 0.3 is 0 Å². The van der Waals surface area contributed by atoms with E-state index in [0.717, 1.165) is 28.2 Å². The Hall–Kier alpha value is -2.30. The van der Waals surface area contributed by atoms with Crippen LogP contribution >= 0.6 is 0 Å². The summed E-state index contributed by atoms with van der Waals surface area (Å²) in [4.78, 5) is 14.2. The van der Waals surface area contributed by atoms with Gasteiger partial charge in [0, 0.05) is 44.6 Å². The maximum atomic E-state index is 12.1. The highest BCUT2D eigenvalue weighted by molar-refractivity contribution is 5.79. The third-order valence-corrected chi connectivity index (χ3v) is 3.94. The molecule has 1 heterocycles. The zero-order valence-electron chi connectivity index (χ0n) is 14.0. The second-order valence-electron chi connectivity index (χ2n) is 5.79. The molecule has 0 aliphatic rings. The lowest BCUT2D eigenvalue weighted by Gasteiger charge is -2.13. The van der Waals surface area contributed by atoms with Crippen LogP contribution in [0.15, 0.2) is 24.3 Å². The molecule has 0 saturated heterocycles. The van der Waals surface area contributed by atoms with Crippen molar-refractivity contribution in [2.24, 2.45) is 7.05 Å². The second kappa shape index (κ2) is 6.64. The SMILES string of the molecule is Cc1nn(C)c(C)c1CC(=O)NCc1ccc(N(C)C)cc1. The van der Waals surface area contributed by atoms with E-state index < -0.39 is 0 Å². The molecule has 0 saturated carbocycles. The van der Waals surface area contributed by atoms with Crippen molar-refractivity contribution in [2.75, 3.05) is 19.0 Å². The molecule has 1 amide bonds. The number of anilines is 1. The van der Waals surface area contributed by atoms with Crippen molar-refractivity contribution < 1.29 is 4.79 Å². The van der Waals surface area contributed by atoms with E-state index in [2.05, 4.69) is 27.4 Å². The summed E-state index contributed by atoms with van der Waals surface area (Å²) in [5.41, 5.74) is 5.23. The maximum absolute atomic E-state index is 12.1. The highest BCUT2D eigenvalue weighted by Gasteiger charge is 2.13. The van der Waals surface area contributed by atoms with E-state index in [1.165, 1.54) is 0 Å². The van der Waals surface area contributed by atoms with Crippen LogP contribution in [0.5, 0.6) is 0 Å². The van der Waals surface area contributed by atoms with E-state index in [1.807, 2.05) is 51.8 Å². The molecule has 1 aromatic heterocycles. The number of carbonyl (C=O) groups is 1. The Morgan fingerprint density at radius 3 is 2.36 bits per heavy atom. The zero-order valence-corrected chi connectivity index (χ0v) is 14.0. The van der Waals surface area contributed by atoms with Crippen LogP contribution in [0, 0.1) is 13.8 Å². The lowest BCUT2D eigenvalue weighted by molar-refractivity contribution is -0.120. The topological polar surface area (TPSA) is 50.2 Å². The van der Waals surface area contributed by atoms with E-state index in [4.69, 9.17) is 0 Å². The Morgan fingerprint density at radius 1 is 1.23 bits per heavy atom. The molecule has 0 unspecified atom stereocenters. The normalized spacial score (nSPS) is 10.6. The van der Waals surface area contributed by atoms with Gasteiger partial charge in [0.2, 0.25) is 5.91 Å². The molecule has 1 aromatic carbocycles.